The molecule has 1 heterocycles. The highest BCUT2D eigenvalue weighted by atomic mass is 32.2. The first-order chi connectivity index (χ1) is 8.50. The van der Waals surface area contributed by atoms with Crippen molar-refractivity contribution >= 4 is 21.5 Å². The van der Waals surface area contributed by atoms with Crippen LogP contribution in [-0.2, 0) is 10.0 Å². The monoisotopic (exact) mass is 268 g/mol. The van der Waals surface area contributed by atoms with Gasteiger partial charge in [-0.15, -0.1) is 0 Å². The quantitative estimate of drug-likeness (QED) is 0.636. The maximum Gasteiger partial charge on any atom is 0.289 e. The zero-order valence-electron chi connectivity index (χ0n) is 8.90. The number of nitro benzene ring substituents is 1. The van der Waals surface area contributed by atoms with E-state index in [0.717, 1.165) is 12.1 Å². The van der Waals surface area contributed by atoms with Gasteiger partial charge in [0.1, 0.15) is 5.82 Å². The Bertz CT molecular complexity index is 666. The Hall–Kier alpha value is -2.42. The van der Waals surface area contributed by atoms with Crippen LogP contribution in [0.3, 0.4) is 0 Å². The lowest BCUT2D eigenvalue weighted by molar-refractivity contribution is -0.387. The maximum atomic E-state index is 12.0. The number of rotatable bonds is 4. The number of nitro groups is 1. The van der Waals surface area contributed by atoms with E-state index >= 15 is 0 Å². The summed E-state index contributed by atoms with van der Waals surface area (Å²) in [5.74, 6) is 0.133. The zero-order valence-corrected chi connectivity index (χ0v) is 9.72. The molecule has 9 heteroatoms. The second-order valence-electron chi connectivity index (χ2n) is 3.30. The van der Waals surface area contributed by atoms with Gasteiger partial charge in [-0.2, -0.15) is 5.10 Å². The molecule has 1 aromatic carbocycles. The predicted octanol–water partition coefficient (Wildman–Crippen LogP) is 1.12. The maximum absolute atomic E-state index is 12.0. The molecule has 8 nitrogen and oxygen atoms in total. The summed E-state index contributed by atoms with van der Waals surface area (Å²) >= 11 is 0. The molecule has 0 amide bonds. The van der Waals surface area contributed by atoms with Crippen LogP contribution in [-0.4, -0.2) is 23.5 Å². The third-order valence-electron chi connectivity index (χ3n) is 2.10. The molecule has 18 heavy (non-hydrogen) atoms. The second kappa shape index (κ2) is 4.45. The Balaban J connectivity index is 2.45. The van der Waals surface area contributed by atoms with Crippen LogP contribution < -0.4 is 4.72 Å². The number of aromatic amines is 1. The summed E-state index contributed by atoms with van der Waals surface area (Å²) in [6.07, 6.45) is 1.36. The Morgan fingerprint density at radius 2 is 2.00 bits per heavy atom. The number of benzene rings is 1. The highest BCUT2D eigenvalue weighted by Gasteiger charge is 2.25. The minimum Gasteiger partial charge on any atom is -0.264 e. The summed E-state index contributed by atoms with van der Waals surface area (Å²) in [4.78, 5) is 9.62. The normalized spacial score (nSPS) is 11.1. The summed E-state index contributed by atoms with van der Waals surface area (Å²) in [6, 6.07) is 6.49. The molecule has 0 aliphatic rings. The number of para-hydroxylation sites is 1. The minimum atomic E-state index is -4.02. The molecule has 2 aromatic rings. The van der Waals surface area contributed by atoms with Gasteiger partial charge in [0.25, 0.3) is 15.7 Å². The SMILES string of the molecule is O=[N+]([O-])c1ccccc1S(=O)(=O)Nc1ccn[nH]1. The second-order valence-corrected chi connectivity index (χ2v) is 4.95. The van der Waals surface area contributed by atoms with Gasteiger partial charge in [0.15, 0.2) is 4.90 Å². The van der Waals surface area contributed by atoms with Crippen molar-refractivity contribution in [2.24, 2.45) is 0 Å². The summed E-state index contributed by atoms with van der Waals surface area (Å²) in [5.41, 5.74) is -0.482. The van der Waals surface area contributed by atoms with Gasteiger partial charge < -0.3 is 0 Å². The van der Waals surface area contributed by atoms with Crippen LogP contribution in [0.25, 0.3) is 0 Å². The van der Waals surface area contributed by atoms with Crippen LogP contribution in [0.4, 0.5) is 11.5 Å². The van der Waals surface area contributed by atoms with Crippen LogP contribution in [0.15, 0.2) is 41.4 Å². The van der Waals surface area contributed by atoms with E-state index in [4.69, 9.17) is 0 Å². The fourth-order valence-electron chi connectivity index (χ4n) is 1.35. The van der Waals surface area contributed by atoms with Gasteiger partial charge in [0, 0.05) is 12.1 Å². The van der Waals surface area contributed by atoms with Crippen LogP contribution in [0.2, 0.25) is 0 Å². The van der Waals surface area contributed by atoms with E-state index in [0.29, 0.717) is 0 Å². The highest BCUT2D eigenvalue weighted by Crippen LogP contribution is 2.24. The van der Waals surface area contributed by atoms with Gasteiger partial charge in [-0.25, -0.2) is 8.42 Å². The van der Waals surface area contributed by atoms with Gasteiger partial charge in [-0.05, 0) is 6.07 Å². The fraction of sp³-hybridized carbons (Fsp3) is 0. The van der Waals surface area contributed by atoms with E-state index in [2.05, 4.69) is 14.9 Å². The molecular weight excluding hydrogens is 260 g/mol. The molecular formula is C9H8N4O4S. The summed E-state index contributed by atoms with van der Waals surface area (Å²) in [7, 11) is -4.02. The Kier molecular flexibility index (Phi) is 2.98. The first-order valence-electron chi connectivity index (χ1n) is 4.76. The molecule has 0 saturated heterocycles. The average molecular weight is 268 g/mol. The molecule has 0 bridgehead atoms. The number of H-pyrrole nitrogens is 1. The van der Waals surface area contributed by atoms with Crippen molar-refractivity contribution < 1.29 is 13.3 Å². The predicted molar refractivity (Wildman–Crippen MR) is 62.5 cm³/mol. The highest BCUT2D eigenvalue weighted by molar-refractivity contribution is 7.92. The Morgan fingerprint density at radius 3 is 2.61 bits per heavy atom. The number of aromatic nitrogens is 2. The molecule has 0 unspecified atom stereocenters. The van der Waals surface area contributed by atoms with Crippen LogP contribution in [0.1, 0.15) is 0 Å². The van der Waals surface area contributed by atoms with E-state index in [1.807, 2.05) is 0 Å². The van der Waals surface area contributed by atoms with Crippen molar-refractivity contribution in [3.63, 3.8) is 0 Å². The van der Waals surface area contributed by atoms with Gasteiger partial charge in [0.05, 0.1) is 11.1 Å². The topological polar surface area (TPSA) is 118 Å². The van der Waals surface area contributed by atoms with E-state index in [9.17, 15) is 18.5 Å². The molecule has 2 N–H and O–H groups in total. The largest absolute Gasteiger partial charge is 0.289 e. The number of nitrogens with zero attached hydrogens (tertiary/aromatic N) is 2. The van der Waals surface area contributed by atoms with Crippen LogP contribution in [0, 0.1) is 10.1 Å². The zero-order chi connectivity index (χ0) is 13.2. The van der Waals surface area contributed by atoms with Crippen molar-refractivity contribution in [2.45, 2.75) is 4.90 Å². The lowest BCUT2D eigenvalue weighted by Gasteiger charge is -2.05. The van der Waals surface area contributed by atoms with Crippen LogP contribution >= 0.6 is 0 Å². The van der Waals surface area contributed by atoms with Gasteiger partial charge >= 0.3 is 0 Å². The first kappa shape index (κ1) is 12.0. The summed E-state index contributed by atoms with van der Waals surface area (Å²) in [6.45, 7) is 0. The Labute approximate surface area is 102 Å². The lowest BCUT2D eigenvalue weighted by Crippen LogP contribution is -2.14. The molecule has 0 aliphatic heterocycles. The van der Waals surface area contributed by atoms with Gasteiger partial charge in [0.2, 0.25) is 0 Å². The van der Waals surface area contributed by atoms with Crippen LogP contribution in [0.5, 0.6) is 0 Å². The molecule has 0 radical (unpaired) electrons. The third-order valence-corrected chi connectivity index (χ3v) is 3.51. The smallest absolute Gasteiger partial charge is 0.264 e. The fourth-order valence-corrected chi connectivity index (χ4v) is 2.54. The van der Waals surface area contributed by atoms with Crippen molar-refractivity contribution in [2.75, 3.05) is 4.72 Å². The minimum absolute atomic E-state index is 0.133. The molecule has 1 aromatic heterocycles. The van der Waals surface area contributed by atoms with Crippen molar-refractivity contribution in [3.05, 3.63) is 46.6 Å². The standard InChI is InChI=1S/C9H8N4O4S/c14-13(15)7-3-1-2-4-8(7)18(16,17)12-9-5-6-10-11-9/h1-6H,(H2,10,11,12). The van der Waals surface area contributed by atoms with E-state index in [1.165, 1.54) is 24.4 Å². The number of anilines is 1. The van der Waals surface area contributed by atoms with Crippen molar-refractivity contribution in [1.29, 1.82) is 0 Å². The molecule has 0 spiro atoms. The molecule has 0 aliphatic carbocycles. The molecule has 0 fully saturated rings. The average Bonchev–Trinajstić information content (AvgIpc) is 2.81. The lowest BCUT2D eigenvalue weighted by atomic mass is 10.3. The molecule has 0 atom stereocenters. The van der Waals surface area contributed by atoms with E-state index in [-0.39, 0.29) is 5.82 Å². The number of nitrogens with one attached hydrogen (secondary N) is 2. The Morgan fingerprint density at radius 1 is 1.28 bits per heavy atom. The van der Waals surface area contributed by atoms with Crippen molar-refractivity contribution in [3.8, 4) is 0 Å². The number of hydrogen-bond donors (Lipinski definition) is 2. The van der Waals surface area contributed by atoms with Gasteiger partial charge in [-0.1, -0.05) is 12.1 Å². The first-order valence-corrected chi connectivity index (χ1v) is 6.24. The number of sulfonamides is 1. The van der Waals surface area contributed by atoms with E-state index in [1.54, 1.807) is 0 Å². The van der Waals surface area contributed by atoms with E-state index < -0.39 is 25.5 Å². The third kappa shape index (κ3) is 2.30. The molecule has 0 saturated carbocycles. The summed E-state index contributed by atoms with van der Waals surface area (Å²) in [5, 5.41) is 16.7. The molecule has 2 rings (SSSR count). The molecule has 94 valence electrons. The number of hydrogen-bond acceptors (Lipinski definition) is 5. The summed E-state index contributed by atoms with van der Waals surface area (Å²) < 4.78 is 26.1. The van der Waals surface area contributed by atoms with Gasteiger partial charge in [-0.3, -0.25) is 19.9 Å². The van der Waals surface area contributed by atoms with Crippen molar-refractivity contribution in [1.82, 2.24) is 10.2 Å².